The van der Waals surface area contributed by atoms with Gasteiger partial charge in [-0.25, -0.2) is 28.5 Å². The number of primary sulfonamides is 1. The van der Waals surface area contributed by atoms with Crippen LogP contribution in [0, 0.1) is 0 Å². The standard InChI is InChI=1S/C15H13F3N6O3S/c1-20-12-11-13(23-14(22-12)15(16,17)18)24(7-21-11)9-4-2-3-8(5-9)10(25)6-28(19,26)27/h2-5,7H,6H2,1H3,(H2,19,26,27)(H,20,22,23). The Hall–Kier alpha value is -3.06. The van der Waals surface area contributed by atoms with Crippen LogP contribution in [-0.2, 0) is 16.2 Å². The van der Waals surface area contributed by atoms with E-state index in [9.17, 15) is 26.4 Å². The monoisotopic (exact) mass is 414 g/mol. The molecule has 0 radical (unpaired) electrons. The quantitative estimate of drug-likeness (QED) is 0.602. The zero-order valence-electron chi connectivity index (χ0n) is 14.2. The number of hydrogen-bond acceptors (Lipinski definition) is 7. The molecule has 148 valence electrons. The molecule has 0 saturated heterocycles. The van der Waals surface area contributed by atoms with Gasteiger partial charge >= 0.3 is 6.18 Å². The second-order valence-corrected chi connectivity index (χ2v) is 7.33. The summed E-state index contributed by atoms with van der Waals surface area (Å²) in [7, 11) is -2.63. The second-order valence-electron chi connectivity index (χ2n) is 5.71. The number of hydrogen-bond donors (Lipinski definition) is 2. The number of Topliss-reactive ketones (excluding diaryl/α,β-unsaturated/α-hetero) is 1. The summed E-state index contributed by atoms with van der Waals surface area (Å²) in [6.45, 7) is 0. The highest BCUT2D eigenvalue weighted by Crippen LogP contribution is 2.30. The number of anilines is 1. The Balaban J connectivity index is 2.14. The molecule has 13 heteroatoms. The van der Waals surface area contributed by atoms with Gasteiger partial charge in [0, 0.05) is 18.3 Å². The normalized spacial score (nSPS) is 12.3. The molecule has 0 spiro atoms. The van der Waals surface area contributed by atoms with Gasteiger partial charge < -0.3 is 5.32 Å². The van der Waals surface area contributed by atoms with Gasteiger partial charge in [0.2, 0.25) is 15.8 Å². The topological polar surface area (TPSA) is 133 Å². The molecule has 0 aliphatic carbocycles. The summed E-state index contributed by atoms with van der Waals surface area (Å²) in [6, 6.07) is 5.62. The Bertz CT molecular complexity index is 1170. The lowest BCUT2D eigenvalue weighted by Crippen LogP contribution is -2.23. The molecule has 0 fully saturated rings. The summed E-state index contributed by atoms with van der Waals surface area (Å²) >= 11 is 0. The summed E-state index contributed by atoms with van der Waals surface area (Å²) in [6.07, 6.45) is -3.55. The number of carbonyl (C=O) groups excluding carboxylic acids is 1. The summed E-state index contributed by atoms with van der Waals surface area (Å²) < 4.78 is 62.8. The number of aromatic nitrogens is 4. The van der Waals surface area contributed by atoms with Gasteiger partial charge in [-0.2, -0.15) is 13.2 Å². The molecule has 0 atom stereocenters. The smallest absolute Gasteiger partial charge is 0.371 e. The maximum Gasteiger partial charge on any atom is 0.451 e. The first-order valence-corrected chi connectivity index (χ1v) is 9.35. The molecule has 0 saturated carbocycles. The number of sulfonamides is 1. The predicted octanol–water partition coefficient (Wildman–Crippen LogP) is 1.35. The molecule has 3 aromatic rings. The Kier molecular flexibility index (Phi) is 4.81. The number of rotatable bonds is 5. The van der Waals surface area contributed by atoms with Gasteiger partial charge in [-0.1, -0.05) is 12.1 Å². The van der Waals surface area contributed by atoms with Crippen molar-refractivity contribution in [2.45, 2.75) is 6.18 Å². The van der Waals surface area contributed by atoms with Crippen molar-refractivity contribution < 1.29 is 26.4 Å². The van der Waals surface area contributed by atoms with Crippen molar-refractivity contribution in [3.8, 4) is 5.69 Å². The Morgan fingerprint density at radius 1 is 1.29 bits per heavy atom. The first kappa shape index (κ1) is 19.7. The maximum absolute atomic E-state index is 13.1. The summed E-state index contributed by atoms with van der Waals surface area (Å²) in [5.41, 5.74) is 0.239. The third-order valence-corrected chi connectivity index (χ3v) is 4.33. The van der Waals surface area contributed by atoms with E-state index in [4.69, 9.17) is 5.14 Å². The number of benzene rings is 1. The van der Waals surface area contributed by atoms with E-state index in [1.807, 2.05) is 0 Å². The lowest BCUT2D eigenvalue weighted by molar-refractivity contribution is -0.144. The number of fused-ring (bicyclic) bond motifs is 1. The molecular formula is C15H13F3N6O3S. The van der Waals surface area contributed by atoms with Crippen molar-refractivity contribution in [1.29, 1.82) is 0 Å². The van der Waals surface area contributed by atoms with E-state index in [2.05, 4.69) is 20.3 Å². The molecule has 0 amide bonds. The van der Waals surface area contributed by atoms with Crippen LogP contribution in [0.2, 0.25) is 0 Å². The van der Waals surface area contributed by atoms with Gasteiger partial charge in [0.25, 0.3) is 0 Å². The highest BCUT2D eigenvalue weighted by Gasteiger charge is 2.36. The first-order valence-electron chi connectivity index (χ1n) is 7.64. The molecule has 1 aromatic carbocycles. The third kappa shape index (κ3) is 3.94. The minimum atomic E-state index is -4.78. The molecule has 28 heavy (non-hydrogen) atoms. The van der Waals surface area contributed by atoms with Crippen LogP contribution in [-0.4, -0.2) is 46.5 Å². The Morgan fingerprint density at radius 2 is 2.00 bits per heavy atom. The van der Waals surface area contributed by atoms with Gasteiger partial charge in [-0.15, -0.1) is 0 Å². The van der Waals surface area contributed by atoms with E-state index >= 15 is 0 Å². The minimum absolute atomic E-state index is 0.0207. The lowest BCUT2D eigenvalue weighted by Gasteiger charge is -2.10. The second kappa shape index (κ2) is 6.83. The lowest BCUT2D eigenvalue weighted by atomic mass is 10.1. The molecular weight excluding hydrogens is 401 g/mol. The number of carbonyl (C=O) groups is 1. The van der Waals surface area contributed by atoms with Gasteiger partial charge in [0.05, 0.1) is 0 Å². The fourth-order valence-electron chi connectivity index (χ4n) is 2.49. The van der Waals surface area contributed by atoms with E-state index in [-0.39, 0.29) is 28.2 Å². The van der Waals surface area contributed by atoms with Gasteiger partial charge in [-0.05, 0) is 12.1 Å². The molecule has 3 N–H and O–H groups in total. The average Bonchev–Trinajstić information content (AvgIpc) is 3.03. The van der Waals surface area contributed by atoms with E-state index in [0.29, 0.717) is 0 Å². The molecule has 9 nitrogen and oxygen atoms in total. The van der Waals surface area contributed by atoms with Crippen molar-refractivity contribution >= 4 is 32.8 Å². The van der Waals surface area contributed by atoms with Crippen molar-refractivity contribution in [3.05, 3.63) is 42.0 Å². The van der Waals surface area contributed by atoms with E-state index in [1.165, 1.54) is 42.2 Å². The number of halogens is 3. The largest absolute Gasteiger partial charge is 0.451 e. The number of ketones is 1. The number of alkyl halides is 3. The highest BCUT2D eigenvalue weighted by atomic mass is 32.2. The SMILES string of the molecule is CNc1nc(C(F)(F)F)nc2c1ncn2-c1cccc(C(=O)CS(N)(=O)=O)c1. The van der Waals surface area contributed by atoms with Gasteiger partial charge in [0.15, 0.2) is 22.8 Å². The molecule has 0 aliphatic heterocycles. The maximum atomic E-state index is 13.1. The number of nitrogens with two attached hydrogens (primary N) is 1. The summed E-state index contributed by atoms with van der Waals surface area (Å²) in [5.74, 6) is -3.12. The minimum Gasteiger partial charge on any atom is -0.371 e. The van der Waals surface area contributed by atoms with Crippen LogP contribution in [0.25, 0.3) is 16.9 Å². The van der Waals surface area contributed by atoms with Crippen LogP contribution >= 0.6 is 0 Å². The molecule has 2 heterocycles. The van der Waals surface area contributed by atoms with Gasteiger partial charge in [0.1, 0.15) is 12.1 Å². The van der Waals surface area contributed by atoms with Crippen molar-refractivity contribution in [2.75, 3.05) is 18.1 Å². The number of nitrogens with one attached hydrogen (secondary N) is 1. The van der Waals surface area contributed by atoms with E-state index < -0.39 is 33.6 Å². The molecule has 0 unspecified atom stereocenters. The fraction of sp³-hybridized carbons (Fsp3) is 0.200. The fourth-order valence-corrected chi connectivity index (χ4v) is 3.02. The van der Waals surface area contributed by atoms with Crippen molar-refractivity contribution in [1.82, 2.24) is 19.5 Å². The van der Waals surface area contributed by atoms with Crippen LogP contribution in [0.3, 0.4) is 0 Å². The highest BCUT2D eigenvalue weighted by molar-refractivity contribution is 7.89. The summed E-state index contributed by atoms with van der Waals surface area (Å²) in [5, 5.41) is 7.42. The molecule has 3 rings (SSSR count). The number of nitrogens with zero attached hydrogens (tertiary/aromatic N) is 4. The zero-order chi connectivity index (χ0) is 20.7. The Morgan fingerprint density at radius 3 is 2.61 bits per heavy atom. The zero-order valence-corrected chi connectivity index (χ0v) is 15.0. The van der Waals surface area contributed by atoms with Crippen molar-refractivity contribution in [2.24, 2.45) is 5.14 Å². The van der Waals surface area contributed by atoms with Crippen LogP contribution in [0.15, 0.2) is 30.6 Å². The van der Waals surface area contributed by atoms with E-state index in [1.54, 1.807) is 0 Å². The number of imidazole rings is 1. The van der Waals surface area contributed by atoms with Crippen LogP contribution < -0.4 is 10.5 Å². The average molecular weight is 414 g/mol. The Labute approximate surface area is 156 Å². The third-order valence-electron chi connectivity index (χ3n) is 3.67. The first-order chi connectivity index (χ1) is 13.0. The van der Waals surface area contributed by atoms with Crippen molar-refractivity contribution in [3.63, 3.8) is 0 Å². The van der Waals surface area contributed by atoms with E-state index in [0.717, 1.165) is 0 Å². The molecule has 0 aliphatic rings. The van der Waals surface area contributed by atoms with Gasteiger partial charge in [-0.3, -0.25) is 9.36 Å². The molecule has 0 bridgehead atoms. The summed E-state index contributed by atoms with van der Waals surface area (Å²) in [4.78, 5) is 23.1. The molecule has 2 aromatic heterocycles. The predicted molar refractivity (Wildman–Crippen MR) is 93.5 cm³/mol. The van der Waals surface area contributed by atoms with Crippen LogP contribution in [0.4, 0.5) is 19.0 Å². The van der Waals surface area contributed by atoms with Crippen LogP contribution in [0.5, 0.6) is 0 Å². The van der Waals surface area contributed by atoms with Crippen LogP contribution in [0.1, 0.15) is 16.2 Å².